The molecular weight excluding hydrogens is 357 g/mol. The highest BCUT2D eigenvalue weighted by Gasteiger charge is 2.02. The number of ether oxygens (including phenoxy) is 1. The standard InChI is InChI=1S/C13H14IN3O2/c14-11-3-1-10(2-4-11)9-17-13(18)7-12(8-16-17)19-6-5-15/h1-4,7-8H,5-6,9,15H2. The van der Waals surface area contributed by atoms with Gasteiger partial charge in [0.15, 0.2) is 0 Å². The first-order valence-corrected chi connectivity index (χ1v) is 6.91. The molecule has 0 saturated carbocycles. The molecule has 0 fully saturated rings. The smallest absolute Gasteiger partial charge is 0.270 e. The van der Waals surface area contributed by atoms with Crippen LogP contribution in [0.25, 0.3) is 0 Å². The lowest BCUT2D eigenvalue weighted by molar-refractivity contribution is 0.324. The highest BCUT2D eigenvalue weighted by atomic mass is 127. The molecule has 5 nitrogen and oxygen atoms in total. The first-order chi connectivity index (χ1) is 9.19. The topological polar surface area (TPSA) is 70.1 Å². The van der Waals surface area contributed by atoms with E-state index in [-0.39, 0.29) is 5.56 Å². The lowest BCUT2D eigenvalue weighted by atomic mass is 10.2. The van der Waals surface area contributed by atoms with Crippen molar-refractivity contribution < 1.29 is 4.74 Å². The Bertz CT molecular complexity index is 596. The molecule has 0 radical (unpaired) electrons. The fourth-order valence-electron chi connectivity index (χ4n) is 1.55. The molecule has 0 aliphatic carbocycles. The van der Waals surface area contributed by atoms with E-state index in [0.29, 0.717) is 25.4 Å². The van der Waals surface area contributed by atoms with Gasteiger partial charge in [-0.2, -0.15) is 5.10 Å². The van der Waals surface area contributed by atoms with Crippen molar-refractivity contribution in [3.63, 3.8) is 0 Å². The van der Waals surface area contributed by atoms with Crippen LogP contribution in [0.2, 0.25) is 0 Å². The molecule has 0 aliphatic rings. The van der Waals surface area contributed by atoms with Gasteiger partial charge in [-0.05, 0) is 40.3 Å². The molecule has 2 N–H and O–H groups in total. The number of hydrogen-bond acceptors (Lipinski definition) is 4. The Morgan fingerprint density at radius 2 is 2.05 bits per heavy atom. The molecule has 1 aromatic carbocycles. The first kappa shape index (κ1) is 14.0. The Morgan fingerprint density at radius 1 is 1.32 bits per heavy atom. The molecule has 0 spiro atoms. The minimum atomic E-state index is -0.187. The van der Waals surface area contributed by atoms with Gasteiger partial charge in [0.25, 0.3) is 5.56 Å². The third-order valence-corrected chi connectivity index (χ3v) is 3.20. The third-order valence-electron chi connectivity index (χ3n) is 2.48. The maximum atomic E-state index is 11.9. The van der Waals surface area contributed by atoms with E-state index in [1.54, 1.807) is 0 Å². The average Bonchev–Trinajstić information content (AvgIpc) is 2.41. The Kier molecular flexibility index (Phi) is 4.92. The van der Waals surface area contributed by atoms with Gasteiger partial charge >= 0.3 is 0 Å². The van der Waals surface area contributed by atoms with Crippen LogP contribution in [0.15, 0.2) is 41.3 Å². The summed E-state index contributed by atoms with van der Waals surface area (Å²) in [4.78, 5) is 11.9. The van der Waals surface area contributed by atoms with Crippen LogP contribution in [0, 0.1) is 3.57 Å². The van der Waals surface area contributed by atoms with Crippen molar-refractivity contribution in [2.75, 3.05) is 13.2 Å². The van der Waals surface area contributed by atoms with E-state index in [1.807, 2.05) is 24.3 Å². The van der Waals surface area contributed by atoms with Gasteiger partial charge < -0.3 is 10.5 Å². The zero-order valence-corrected chi connectivity index (χ0v) is 12.4. The molecule has 19 heavy (non-hydrogen) atoms. The van der Waals surface area contributed by atoms with Gasteiger partial charge in [0, 0.05) is 16.2 Å². The number of nitrogens with two attached hydrogens (primary N) is 1. The summed E-state index contributed by atoms with van der Waals surface area (Å²) in [5.41, 5.74) is 6.18. The Hall–Kier alpha value is -1.41. The zero-order valence-electron chi connectivity index (χ0n) is 10.3. The highest BCUT2D eigenvalue weighted by Crippen LogP contribution is 2.08. The summed E-state index contributed by atoms with van der Waals surface area (Å²) in [5, 5.41) is 4.09. The molecule has 0 bridgehead atoms. The number of halogens is 1. The summed E-state index contributed by atoms with van der Waals surface area (Å²) < 4.78 is 7.81. The summed E-state index contributed by atoms with van der Waals surface area (Å²) in [5.74, 6) is 0.453. The van der Waals surface area contributed by atoms with E-state index in [4.69, 9.17) is 10.5 Å². The van der Waals surface area contributed by atoms with Crippen molar-refractivity contribution in [1.29, 1.82) is 0 Å². The maximum absolute atomic E-state index is 11.9. The monoisotopic (exact) mass is 371 g/mol. The van der Waals surface area contributed by atoms with Gasteiger partial charge in [-0.25, -0.2) is 4.68 Å². The molecule has 100 valence electrons. The van der Waals surface area contributed by atoms with Crippen molar-refractivity contribution in [3.8, 4) is 5.75 Å². The van der Waals surface area contributed by atoms with Crippen LogP contribution < -0.4 is 16.0 Å². The fourth-order valence-corrected chi connectivity index (χ4v) is 1.91. The van der Waals surface area contributed by atoms with Gasteiger partial charge in [-0.1, -0.05) is 12.1 Å². The van der Waals surface area contributed by atoms with E-state index in [9.17, 15) is 4.79 Å². The second kappa shape index (κ2) is 6.67. The Labute approximate surface area is 124 Å². The van der Waals surface area contributed by atoms with Crippen molar-refractivity contribution in [3.05, 3.63) is 56.0 Å². The number of hydrogen-bond donors (Lipinski definition) is 1. The summed E-state index contributed by atoms with van der Waals surface area (Å²) in [6.07, 6.45) is 1.53. The maximum Gasteiger partial charge on any atom is 0.270 e. The van der Waals surface area contributed by atoms with Gasteiger partial charge in [0.2, 0.25) is 0 Å². The number of benzene rings is 1. The van der Waals surface area contributed by atoms with E-state index in [0.717, 1.165) is 9.13 Å². The van der Waals surface area contributed by atoms with Gasteiger partial charge in [-0.3, -0.25) is 4.79 Å². The Balaban J connectivity index is 2.13. The third kappa shape index (κ3) is 4.03. The van der Waals surface area contributed by atoms with Gasteiger partial charge in [0.05, 0.1) is 12.7 Å². The minimum Gasteiger partial charge on any atom is -0.490 e. The quantitative estimate of drug-likeness (QED) is 0.803. The SMILES string of the molecule is NCCOc1cnn(Cc2ccc(I)cc2)c(=O)c1. The molecule has 0 aliphatic heterocycles. The van der Waals surface area contributed by atoms with Crippen LogP contribution in [0.4, 0.5) is 0 Å². The van der Waals surface area contributed by atoms with Gasteiger partial charge in [-0.15, -0.1) is 0 Å². The summed E-state index contributed by atoms with van der Waals surface area (Å²) in [7, 11) is 0. The normalized spacial score (nSPS) is 10.4. The van der Waals surface area contributed by atoms with E-state index >= 15 is 0 Å². The molecule has 1 heterocycles. The van der Waals surface area contributed by atoms with Crippen molar-refractivity contribution in [2.24, 2.45) is 5.73 Å². The predicted molar refractivity (Wildman–Crippen MR) is 81.3 cm³/mol. The highest BCUT2D eigenvalue weighted by molar-refractivity contribution is 14.1. The average molecular weight is 371 g/mol. The first-order valence-electron chi connectivity index (χ1n) is 5.83. The number of rotatable bonds is 5. The number of aromatic nitrogens is 2. The summed E-state index contributed by atoms with van der Waals surface area (Å²) in [6, 6.07) is 9.39. The molecule has 0 unspecified atom stereocenters. The van der Waals surface area contributed by atoms with Crippen molar-refractivity contribution in [2.45, 2.75) is 6.54 Å². The minimum absolute atomic E-state index is 0.187. The molecule has 6 heteroatoms. The molecule has 0 amide bonds. The van der Waals surface area contributed by atoms with Crippen LogP contribution in [0.3, 0.4) is 0 Å². The number of nitrogens with zero attached hydrogens (tertiary/aromatic N) is 2. The predicted octanol–water partition coefficient (Wildman–Crippen LogP) is 1.23. The molecule has 0 atom stereocenters. The lowest BCUT2D eigenvalue weighted by Gasteiger charge is -2.07. The molecule has 0 saturated heterocycles. The van der Waals surface area contributed by atoms with E-state index < -0.39 is 0 Å². The summed E-state index contributed by atoms with van der Waals surface area (Å²) >= 11 is 2.24. The van der Waals surface area contributed by atoms with E-state index in [2.05, 4.69) is 27.7 Å². The summed E-state index contributed by atoms with van der Waals surface area (Å²) in [6.45, 7) is 1.24. The van der Waals surface area contributed by atoms with Crippen LogP contribution in [0.1, 0.15) is 5.56 Å². The molecule has 2 rings (SSSR count). The fraction of sp³-hybridized carbons (Fsp3) is 0.231. The van der Waals surface area contributed by atoms with Crippen LogP contribution in [-0.4, -0.2) is 22.9 Å². The molecule has 1 aromatic heterocycles. The van der Waals surface area contributed by atoms with E-state index in [1.165, 1.54) is 16.9 Å². The van der Waals surface area contributed by atoms with Gasteiger partial charge in [0.1, 0.15) is 12.4 Å². The second-order valence-corrected chi connectivity index (χ2v) is 5.20. The van der Waals surface area contributed by atoms with Crippen LogP contribution in [0.5, 0.6) is 5.75 Å². The molecule has 2 aromatic rings. The van der Waals surface area contributed by atoms with Crippen molar-refractivity contribution >= 4 is 22.6 Å². The van der Waals surface area contributed by atoms with Crippen LogP contribution >= 0.6 is 22.6 Å². The Morgan fingerprint density at radius 3 is 2.68 bits per heavy atom. The van der Waals surface area contributed by atoms with Crippen LogP contribution in [-0.2, 0) is 6.54 Å². The largest absolute Gasteiger partial charge is 0.490 e. The second-order valence-electron chi connectivity index (χ2n) is 3.95. The lowest BCUT2D eigenvalue weighted by Crippen LogP contribution is -2.23. The van der Waals surface area contributed by atoms with Crippen molar-refractivity contribution in [1.82, 2.24) is 9.78 Å². The molecular formula is C13H14IN3O2. The zero-order chi connectivity index (χ0) is 13.7.